The third kappa shape index (κ3) is 2.42. The number of urea groups is 1. The molecule has 2 rings (SSSR count). The van der Waals surface area contributed by atoms with Crippen molar-refractivity contribution in [2.24, 2.45) is 11.7 Å². The van der Waals surface area contributed by atoms with Crippen LogP contribution in [-0.2, 0) is 9.59 Å². The molecule has 19 heavy (non-hydrogen) atoms. The van der Waals surface area contributed by atoms with Crippen molar-refractivity contribution in [3.05, 3.63) is 0 Å². The van der Waals surface area contributed by atoms with Gasteiger partial charge in [0.15, 0.2) is 0 Å². The van der Waals surface area contributed by atoms with Gasteiger partial charge in [0.25, 0.3) is 5.91 Å². The molecule has 0 radical (unpaired) electrons. The molecule has 0 aromatic rings. The predicted octanol–water partition coefficient (Wildman–Crippen LogP) is -0.830. The van der Waals surface area contributed by atoms with E-state index in [0.717, 1.165) is 0 Å². The van der Waals surface area contributed by atoms with Crippen LogP contribution in [0.2, 0.25) is 0 Å². The maximum Gasteiger partial charge on any atom is 0.322 e. The van der Waals surface area contributed by atoms with Gasteiger partial charge >= 0.3 is 6.03 Å². The first-order valence-corrected chi connectivity index (χ1v) is 6.54. The summed E-state index contributed by atoms with van der Waals surface area (Å²) in [7, 11) is 0. The maximum absolute atomic E-state index is 12.2. The zero-order valence-electron chi connectivity index (χ0n) is 11.2. The molecule has 2 saturated heterocycles. The van der Waals surface area contributed by atoms with E-state index in [-0.39, 0.29) is 24.3 Å². The Labute approximate surface area is 111 Å². The summed E-state index contributed by atoms with van der Waals surface area (Å²) in [6, 6.07) is -1.07. The van der Waals surface area contributed by atoms with Crippen molar-refractivity contribution in [1.82, 2.24) is 15.5 Å². The van der Waals surface area contributed by atoms with E-state index in [1.165, 1.54) is 0 Å². The highest BCUT2D eigenvalue weighted by atomic mass is 16.2. The molecular formula is C12H20N4O3. The van der Waals surface area contributed by atoms with E-state index in [4.69, 9.17) is 5.73 Å². The third-order valence-electron chi connectivity index (χ3n) is 3.82. The van der Waals surface area contributed by atoms with Crippen LogP contribution < -0.4 is 16.4 Å². The Bertz CT molecular complexity index is 423. The fourth-order valence-corrected chi connectivity index (χ4v) is 2.56. The fourth-order valence-electron chi connectivity index (χ4n) is 2.56. The predicted molar refractivity (Wildman–Crippen MR) is 68.0 cm³/mol. The lowest BCUT2D eigenvalue weighted by atomic mass is 9.88. The van der Waals surface area contributed by atoms with Crippen molar-refractivity contribution in [3.8, 4) is 0 Å². The Morgan fingerprint density at radius 1 is 1.42 bits per heavy atom. The number of likely N-dealkylation sites (tertiary alicyclic amines) is 1. The lowest BCUT2D eigenvalue weighted by Gasteiger charge is -2.39. The number of amides is 4. The second-order valence-corrected chi connectivity index (χ2v) is 5.62. The zero-order valence-corrected chi connectivity index (χ0v) is 11.2. The average molecular weight is 268 g/mol. The Hall–Kier alpha value is -1.63. The molecule has 106 valence electrons. The molecule has 4 N–H and O–H groups in total. The van der Waals surface area contributed by atoms with Gasteiger partial charge in [0.05, 0.1) is 12.6 Å². The van der Waals surface area contributed by atoms with Gasteiger partial charge in [-0.1, -0.05) is 13.8 Å². The first-order chi connectivity index (χ1) is 8.85. The minimum atomic E-state index is -0.971. The van der Waals surface area contributed by atoms with Crippen LogP contribution in [0.5, 0.6) is 0 Å². The summed E-state index contributed by atoms with van der Waals surface area (Å²) < 4.78 is 0. The lowest BCUT2D eigenvalue weighted by molar-refractivity contribution is -0.138. The van der Waals surface area contributed by atoms with E-state index in [1.807, 2.05) is 13.8 Å². The molecule has 2 atom stereocenters. The second-order valence-electron chi connectivity index (χ2n) is 5.62. The van der Waals surface area contributed by atoms with Gasteiger partial charge in [0, 0.05) is 6.54 Å². The maximum atomic E-state index is 12.2. The van der Waals surface area contributed by atoms with E-state index in [0.29, 0.717) is 19.4 Å². The number of hydrogen-bond acceptors (Lipinski definition) is 4. The van der Waals surface area contributed by atoms with Crippen LogP contribution in [0.3, 0.4) is 0 Å². The summed E-state index contributed by atoms with van der Waals surface area (Å²) in [4.78, 5) is 37.0. The van der Waals surface area contributed by atoms with E-state index < -0.39 is 17.6 Å². The van der Waals surface area contributed by atoms with Crippen molar-refractivity contribution >= 4 is 17.8 Å². The van der Waals surface area contributed by atoms with Crippen molar-refractivity contribution in [2.45, 2.75) is 38.3 Å². The Morgan fingerprint density at radius 2 is 2.11 bits per heavy atom. The first-order valence-electron chi connectivity index (χ1n) is 6.54. The number of carbonyl (C=O) groups excluding carboxylic acids is 3. The fraction of sp³-hybridized carbons (Fsp3) is 0.750. The van der Waals surface area contributed by atoms with E-state index in [9.17, 15) is 14.4 Å². The van der Waals surface area contributed by atoms with Crippen LogP contribution in [0.25, 0.3) is 0 Å². The minimum Gasteiger partial charge on any atom is -0.338 e. The van der Waals surface area contributed by atoms with Gasteiger partial charge in [0.2, 0.25) is 5.91 Å². The van der Waals surface area contributed by atoms with E-state index in [1.54, 1.807) is 4.90 Å². The Kier molecular flexibility index (Phi) is 3.49. The van der Waals surface area contributed by atoms with Gasteiger partial charge in [-0.25, -0.2) is 4.79 Å². The summed E-state index contributed by atoms with van der Waals surface area (Å²) >= 11 is 0. The number of imide groups is 1. The summed E-state index contributed by atoms with van der Waals surface area (Å²) in [5.41, 5.74) is 4.89. The normalized spacial score (nSPS) is 28.5. The molecule has 0 aromatic carbocycles. The largest absolute Gasteiger partial charge is 0.338 e. The molecule has 2 aliphatic heterocycles. The van der Waals surface area contributed by atoms with Crippen LogP contribution >= 0.6 is 0 Å². The molecule has 1 unspecified atom stereocenters. The molecule has 0 saturated carbocycles. The smallest absolute Gasteiger partial charge is 0.322 e. The summed E-state index contributed by atoms with van der Waals surface area (Å²) in [5.74, 6) is -0.478. The van der Waals surface area contributed by atoms with Gasteiger partial charge < -0.3 is 16.0 Å². The molecule has 0 aliphatic carbocycles. The van der Waals surface area contributed by atoms with Crippen LogP contribution in [0.4, 0.5) is 4.79 Å². The van der Waals surface area contributed by atoms with Crippen LogP contribution in [0, 0.1) is 5.92 Å². The SMILES string of the molecule is CC(C)[C@H](N)C(=O)N1CCCC2(C1)NC(=O)NC2=O. The molecule has 7 nitrogen and oxygen atoms in total. The van der Waals surface area contributed by atoms with Gasteiger partial charge in [-0.05, 0) is 18.8 Å². The summed E-state index contributed by atoms with van der Waals surface area (Å²) in [6.07, 6.45) is 1.22. The van der Waals surface area contributed by atoms with Crippen molar-refractivity contribution in [2.75, 3.05) is 13.1 Å². The lowest BCUT2D eigenvalue weighted by Crippen LogP contribution is -2.61. The summed E-state index contributed by atoms with van der Waals surface area (Å²) in [5, 5.41) is 4.87. The molecular weight excluding hydrogens is 248 g/mol. The Morgan fingerprint density at radius 3 is 2.63 bits per heavy atom. The third-order valence-corrected chi connectivity index (χ3v) is 3.82. The first kappa shape index (κ1) is 13.8. The number of nitrogens with one attached hydrogen (secondary N) is 2. The standard InChI is InChI=1S/C12H20N4O3/c1-7(2)8(13)9(17)16-5-3-4-12(6-16)10(18)14-11(19)15-12/h7-8H,3-6,13H2,1-2H3,(H2,14,15,18,19)/t8-,12?/m0/s1. The van der Waals surface area contributed by atoms with E-state index >= 15 is 0 Å². The second kappa shape index (κ2) is 4.80. The van der Waals surface area contributed by atoms with Crippen molar-refractivity contribution in [1.29, 1.82) is 0 Å². The number of carbonyl (C=O) groups is 3. The molecule has 7 heteroatoms. The highest BCUT2D eigenvalue weighted by Crippen LogP contribution is 2.25. The Balaban J connectivity index is 2.11. The molecule has 0 bridgehead atoms. The van der Waals surface area contributed by atoms with Crippen molar-refractivity contribution < 1.29 is 14.4 Å². The van der Waals surface area contributed by atoms with Gasteiger partial charge in [-0.15, -0.1) is 0 Å². The minimum absolute atomic E-state index is 0.0392. The van der Waals surface area contributed by atoms with Gasteiger partial charge in [0.1, 0.15) is 5.54 Å². The highest BCUT2D eigenvalue weighted by Gasteiger charge is 2.49. The molecule has 2 heterocycles. The monoisotopic (exact) mass is 268 g/mol. The summed E-state index contributed by atoms with van der Waals surface area (Å²) in [6.45, 7) is 4.53. The number of piperidine rings is 1. The molecule has 2 aliphatic rings. The van der Waals surface area contributed by atoms with Gasteiger partial charge in [-0.2, -0.15) is 0 Å². The number of hydrogen-bond donors (Lipinski definition) is 3. The molecule has 2 fully saturated rings. The number of nitrogens with zero attached hydrogens (tertiary/aromatic N) is 1. The van der Waals surface area contributed by atoms with Crippen LogP contribution in [-0.4, -0.2) is 47.4 Å². The topological polar surface area (TPSA) is 105 Å². The quantitative estimate of drug-likeness (QED) is 0.568. The molecule has 1 spiro atoms. The average Bonchev–Trinajstić information content (AvgIpc) is 2.62. The molecule has 0 aromatic heterocycles. The number of rotatable bonds is 2. The van der Waals surface area contributed by atoms with Crippen LogP contribution in [0.15, 0.2) is 0 Å². The number of nitrogens with two attached hydrogens (primary N) is 1. The molecule has 4 amide bonds. The zero-order chi connectivity index (χ0) is 14.2. The van der Waals surface area contributed by atoms with Crippen LogP contribution in [0.1, 0.15) is 26.7 Å². The highest BCUT2D eigenvalue weighted by molar-refractivity contribution is 6.07. The van der Waals surface area contributed by atoms with E-state index in [2.05, 4.69) is 10.6 Å². The van der Waals surface area contributed by atoms with Gasteiger partial charge in [-0.3, -0.25) is 14.9 Å². The van der Waals surface area contributed by atoms with Crippen molar-refractivity contribution in [3.63, 3.8) is 0 Å².